The number of hydrogen-bond acceptors (Lipinski definition) is 5. The van der Waals surface area contributed by atoms with Crippen molar-refractivity contribution in [3.05, 3.63) is 59.4 Å². The molecule has 2 N–H and O–H groups in total. The van der Waals surface area contributed by atoms with Crippen LogP contribution in [0.4, 0.5) is 15.8 Å². The first kappa shape index (κ1) is 21.3. The molecule has 1 amide bonds. The molecule has 1 saturated heterocycles. The van der Waals surface area contributed by atoms with Gasteiger partial charge in [0, 0.05) is 24.3 Å². The Hall–Kier alpha value is -3.42. The van der Waals surface area contributed by atoms with E-state index in [1.165, 1.54) is 30.3 Å². The molecule has 1 unspecified atom stereocenters. The van der Waals surface area contributed by atoms with Gasteiger partial charge >= 0.3 is 11.9 Å². The van der Waals surface area contributed by atoms with E-state index in [1.54, 1.807) is 19.1 Å². The number of halogens is 1. The number of nitrogens with zero attached hydrogens (tertiary/aromatic N) is 1. The van der Waals surface area contributed by atoms with Crippen LogP contribution in [0.25, 0.3) is 0 Å². The van der Waals surface area contributed by atoms with Crippen LogP contribution in [0.1, 0.15) is 40.5 Å². The number of carboxylic acid groups (broad SMARTS) is 1. The second-order valence-corrected chi connectivity index (χ2v) is 7.04. The molecule has 0 aromatic heterocycles. The number of hydrogen-bond donors (Lipinski definition) is 2. The molecule has 0 saturated carbocycles. The molecule has 1 fully saturated rings. The molecule has 30 heavy (non-hydrogen) atoms. The van der Waals surface area contributed by atoms with Crippen molar-refractivity contribution in [3.63, 3.8) is 0 Å². The lowest BCUT2D eigenvalue weighted by Crippen LogP contribution is -2.40. The number of esters is 1. The summed E-state index contributed by atoms with van der Waals surface area (Å²) in [4.78, 5) is 38.1. The number of benzene rings is 2. The second-order valence-electron chi connectivity index (χ2n) is 7.04. The Morgan fingerprint density at radius 1 is 1.20 bits per heavy atom. The molecule has 0 bridgehead atoms. The molecule has 1 atom stereocenters. The van der Waals surface area contributed by atoms with E-state index in [1.807, 2.05) is 4.90 Å². The molecule has 1 aliphatic heterocycles. The first-order chi connectivity index (χ1) is 14.4. The number of aromatic carboxylic acids is 1. The molecule has 1 heterocycles. The first-order valence-corrected chi connectivity index (χ1v) is 9.75. The topological polar surface area (TPSA) is 95.9 Å². The van der Waals surface area contributed by atoms with E-state index in [0.29, 0.717) is 37.5 Å². The number of carboxylic acids is 1. The summed E-state index contributed by atoms with van der Waals surface area (Å²) in [5.74, 6) is -2.65. The highest BCUT2D eigenvalue weighted by molar-refractivity contribution is 6.05. The molecule has 8 heteroatoms. The van der Waals surface area contributed by atoms with Gasteiger partial charge < -0.3 is 20.1 Å². The van der Waals surface area contributed by atoms with E-state index in [-0.39, 0.29) is 23.0 Å². The van der Waals surface area contributed by atoms with Gasteiger partial charge in [-0.3, -0.25) is 9.59 Å². The van der Waals surface area contributed by atoms with Gasteiger partial charge in [0.05, 0.1) is 23.8 Å². The van der Waals surface area contributed by atoms with E-state index in [2.05, 4.69) is 5.32 Å². The van der Waals surface area contributed by atoms with Gasteiger partial charge in [-0.15, -0.1) is 0 Å². The minimum absolute atomic E-state index is 0.0245. The molecular weight excluding hydrogens is 391 g/mol. The van der Waals surface area contributed by atoms with Crippen molar-refractivity contribution in [1.29, 1.82) is 0 Å². The standard InChI is InChI=1S/C22H23FN2O5/c1-2-30-22(29)15-4-3-11-25(13-15)19-10-9-17(12-18(19)21(27)28)24-20(26)14-5-7-16(23)8-6-14/h5-10,12,15H,2-4,11,13H2,1H3,(H,24,26)(H,27,28). The third kappa shape index (κ3) is 4.94. The number of nitrogens with one attached hydrogen (secondary N) is 1. The van der Waals surface area contributed by atoms with Crippen molar-refractivity contribution >= 4 is 29.2 Å². The van der Waals surface area contributed by atoms with E-state index >= 15 is 0 Å². The average molecular weight is 414 g/mol. The van der Waals surface area contributed by atoms with Crippen molar-refractivity contribution in [1.82, 2.24) is 0 Å². The quantitative estimate of drug-likeness (QED) is 0.702. The number of amides is 1. The SMILES string of the molecule is CCOC(=O)C1CCCN(c2ccc(NC(=O)c3ccc(F)cc3)cc2C(=O)O)C1. The number of ether oxygens (including phenoxy) is 1. The van der Waals surface area contributed by atoms with Gasteiger partial charge in [0.25, 0.3) is 5.91 Å². The largest absolute Gasteiger partial charge is 0.478 e. The van der Waals surface area contributed by atoms with Gasteiger partial charge in [0.15, 0.2) is 0 Å². The number of anilines is 2. The zero-order chi connectivity index (χ0) is 21.7. The fourth-order valence-corrected chi connectivity index (χ4v) is 3.51. The Labute approximate surface area is 173 Å². The normalized spacial score (nSPS) is 16.1. The van der Waals surface area contributed by atoms with Gasteiger partial charge in [-0.1, -0.05) is 0 Å². The number of carbonyl (C=O) groups excluding carboxylic acids is 2. The fourth-order valence-electron chi connectivity index (χ4n) is 3.51. The van der Waals surface area contributed by atoms with E-state index in [9.17, 15) is 23.9 Å². The van der Waals surface area contributed by atoms with Crippen LogP contribution < -0.4 is 10.2 Å². The second kappa shape index (κ2) is 9.39. The highest BCUT2D eigenvalue weighted by Gasteiger charge is 2.29. The first-order valence-electron chi connectivity index (χ1n) is 9.75. The number of piperidine rings is 1. The summed E-state index contributed by atoms with van der Waals surface area (Å²) >= 11 is 0. The van der Waals surface area contributed by atoms with Crippen LogP contribution in [0.15, 0.2) is 42.5 Å². The van der Waals surface area contributed by atoms with Gasteiger partial charge in [0.2, 0.25) is 0 Å². The van der Waals surface area contributed by atoms with Crippen LogP contribution >= 0.6 is 0 Å². The lowest BCUT2D eigenvalue weighted by Gasteiger charge is -2.34. The van der Waals surface area contributed by atoms with Crippen LogP contribution in [0.2, 0.25) is 0 Å². The zero-order valence-electron chi connectivity index (χ0n) is 16.6. The maximum atomic E-state index is 13.0. The van der Waals surface area contributed by atoms with Crippen LogP contribution in [0.5, 0.6) is 0 Å². The summed E-state index contributed by atoms with van der Waals surface area (Å²) in [5, 5.41) is 12.3. The minimum atomic E-state index is -1.14. The van der Waals surface area contributed by atoms with Crippen molar-refractivity contribution in [2.45, 2.75) is 19.8 Å². The summed E-state index contributed by atoms with van der Waals surface area (Å²) < 4.78 is 18.1. The lowest BCUT2D eigenvalue weighted by molar-refractivity contribution is -0.148. The summed E-state index contributed by atoms with van der Waals surface area (Å²) in [6.07, 6.45) is 1.44. The van der Waals surface area contributed by atoms with E-state index in [0.717, 1.165) is 6.42 Å². The summed E-state index contributed by atoms with van der Waals surface area (Å²) in [5.41, 5.74) is 1.07. The van der Waals surface area contributed by atoms with Crippen molar-refractivity contribution < 1.29 is 28.6 Å². The summed E-state index contributed by atoms with van der Waals surface area (Å²) in [7, 11) is 0. The van der Waals surface area contributed by atoms with Crippen molar-refractivity contribution in [3.8, 4) is 0 Å². The minimum Gasteiger partial charge on any atom is -0.478 e. The van der Waals surface area contributed by atoms with Crippen LogP contribution in [0, 0.1) is 11.7 Å². The maximum absolute atomic E-state index is 13.0. The Kier molecular flexibility index (Phi) is 6.66. The highest BCUT2D eigenvalue weighted by atomic mass is 19.1. The molecule has 2 aromatic rings. The summed E-state index contributed by atoms with van der Waals surface area (Å²) in [6, 6.07) is 9.66. The molecule has 1 aliphatic rings. The highest BCUT2D eigenvalue weighted by Crippen LogP contribution is 2.29. The summed E-state index contributed by atoms with van der Waals surface area (Å²) in [6.45, 7) is 3.05. The zero-order valence-corrected chi connectivity index (χ0v) is 16.6. The molecular formula is C22H23FN2O5. The Morgan fingerprint density at radius 3 is 2.60 bits per heavy atom. The van der Waals surface area contributed by atoms with Crippen molar-refractivity contribution in [2.75, 3.05) is 29.9 Å². The predicted molar refractivity (Wildman–Crippen MR) is 109 cm³/mol. The Morgan fingerprint density at radius 2 is 1.93 bits per heavy atom. The molecule has 7 nitrogen and oxygen atoms in total. The Bertz CT molecular complexity index is 945. The van der Waals surface area contributed by atoms with Crippen LogP contribution in [0.3, 0.4) is 0 Å². The molecule has 2 aromatic carbocycles. The van der Waals surface area contributed by atoms with Gasteiger partial charge in [-0.25, -0.2) is 9.18 Å². The van der Waals surface area contributed by atoms with E-state index in [4.69, 9.17) is 4.74 Å². The average Bonchev–Trinajstić information content (AvgIpc) is 2.74. The van der Waals surface area contributed by atoms with Crippen LogP contribution in [-0.4, -0.2) is 42.6 Å². The fraction of sp³-hybridized carbons (Fsp3) is 0.318. The molecule has 0 radical (unpaired) electrons. The number of carbonyl (C=O) groups is 3. The molecule has 0 spiro atoms. The van der Waals surface area contributed by atoms with E-state index < -0.39 is 17.7 Å². The van der Waals surface area contributed by atoms with Gasteiger partial charge in [0.1, 0.15) is 5.82 Å². The maximum Gasteiger partial charge on any atom is 0.337 e. The Balaban J connectivity index is 1.79. The predicted octanol–water partition coefficient (Wildman–Crippen LogP) is 3.56. The number of rotatable bonds is 6. The molecule has 3 rings (SSSR count). The molecule has 0 aliphatic carbocycles. The van der Waals surface area contributed by atoms with Gasteiger partial charge in [-0.2, -0.15) is 0 Å². The third-order valence-electron chi connectivity index (χ3n) is 4.97. The molecule has 158 valence electrons. The van der Waals surface area contributed by atoms with Crippen LogP contribution in [-0.2, 0) is 9.53 Å². The monoisotopic (exact) mass is 414 g/mol. The van der Waals surface area contributed by atoms with Gasteiger partial charge in [-0.05, 0) is 62.2 Å². The smallest absolute Gasteiger partial charge is 0.337 e. The third-order valence-corrected chi connectivity index (χ3v) is 4.97. The lowest BCUT2D eigenvalue weighted by atomic mass is 9.96. The van der Waals surface area contributed by atoms with Crippen molar-refractivity contribution in [2.24, 2.45) is 5.92 Å².